The first-order chi connectivity index (χ1) is 16.4. The molecule has 1 aliphatic carbocycles. The molecule has 6 N–H and O–H groups in total. The molecule has 10 heteroatoms. The Kier molecular flexibility index (Phi) is 6.97. The van der Waals surface area contributed by atoms with Crippen LogP contribution in [0.15, 0.2) is 60.0 Å². The average molecular weight is 480 g/mol. The molecule has 3 aromatic rings. The van der Waals surface area contributed by atoms with Crippen molar-refractivity contribution < 1.29 is 9.32 Å². The molecule has 0 aliphatic heterocycles. The number of nitrogens with zero attached hydrogens (tertiary/aromatic N) is 4. The van der Waals surface area contributed by atoms with E-state index in [-0.39, 0.29) is 17.7 Å². The first-order valence-corrected chi connectivity index (χ1v) is 12.9. The second-order valence-corrected chi connectivity index (χ2v) is 10.1. The molecule has 0 spiro atoms. The van der Waals surface area contributed by atoms with Gasteiger partial charge in [0.05, 0.1) is 29.0 Å². The van der Waals surface area contributed by atoms with Gasteiger partial charge >= 0.3 is 5.90 Å². The summed E-state index contributed by atoms with van der Waals surface area (Å²) in [5.41, 5.74) is 8.51. The molecule has 4 rings (SSSR count). The largest absolute Gasteiger partial charge is 0.578 e. The van der Waals surface area contributed by atoms with Crippen molar-refractivity contribution in [3.05, 3.63) is 66.1 Å². The molecule has 1 saturated carbocycles. The number of aromatic nitrogens is 3. The fourth-order valence-corrected chi connectivity index (χ4v) is 4.35. The highest BCUT2D eigenvalue weighted by Crippen LogP contribution is 2.45. The topological polar surface area (TPSA) is 153 Å². The monoisotopic (exact) mass is 479 g/mol. The maximum atomic E-state index is 11.2. The number of amidine groups is 1. The summed E-state index contributed by atoms with van der Waals surface area (Å²) in [4.78, 5) is 16.8. The number of anilines is 2. The fourth-order valence-electron chi connectivity index (χ4n) is 3.92. The van der Waals surface area contributed by atoms with Gasteiger partial charge in [0.15, 0.2) is 0 Å². The zero-order chi connectivity index (χ0) is 24.1. The summed E-state index contributed by atoms with van der Waals surface area (Å²) in [6.07, 6.45) is 9.32. The molecule has 1 atom stereocenters. The molecule has 176 valence electrons. The van der Waals surface area contributed by atoms with E-state index in [9.17, 15) is 4.21 Å². The predicted octanol–water partition coefficient (Wildman–Crippen LogP) is 2.43. The van der Waals surface area contributed by atoms with Crippen LogP contribution >= 0.6 is 0 Å². The first kappa shape index (κ1) is 23.5. The molecule has 0 bridgehead atoms. The minimum Gasteiger partial charge on any atom is -0.578 e. The van der Waals surface area contributed by atoms with Crippen molar-refractivity contribution in [2.75, 3.05) is 29.6 Å². The zero-order valence-corrected chi connectivity index (χ0v) is 19.8. The number of aliphatic imine (C=N–C) groups is 1. The van der Waals surface area contributed by atoms with Crippen LogP contribution in [-0.2, 0) is 20.4 Å². The van der Waals surface area contributed by atoms with E-state index >= 15 is 0 Å². The standard InChI is InChI=1S/C24H27N7O2S/c1-34(33)12-11-27-20-8-5-17(13-28-20)21(32)31-22(25)24(9-2-10-24)19-6-3-16(4-7-19)18-14-29-23(26)30-15-18/h3-8,13-15H,2,9-12H2,1H3,(H,27,28)(H2,25,31,32)(H2,26,29,30)/p+2. The lowest BCUT2D eigenvalue weighted by molar-refractivity contribution is 0.336. The van der Waals surface area contributed by atoms with Crippen LogP contribution in [-0.4, -0.2) is 50.3 Å². The van der Waals surface area contributed by atoms with Crippen LogP contribution in [0.25, 0.3) is 11.1 Å². The van der Waals surface area contributed by atoms with E-state index in [1.165, 1.54) is 0 Å². The van der Waals surface area contributed by atoms with Crippen molar-refractivity contribution >= 4 is 34.3 Å². The summed E-state index contributed by atoms with van der Waals surface area (Å²) in [6.45, 7) is 0.581. The van der Waals surface area contributed by atoms with E-state index in [2.05, 4.69) is 25.3 Å². The summed E-state index contributed by atoms with van der Waals surface area (Å²) >= 11 is 0. The number of rotatable bonds is 8. The molecule has 2 aromatic heterocycles. The molecule has 9 nitrogen and oxygen atoms in total. The van der Waals surface area contributed by atoms with Crippen LogP contribution in [0.2, 0.25) is 0 Å². The lowest BCUT2D eigenvalue weighted by Gasteiger charge is -2.41. The Hall–Kier alpha value is -3.66. The van der Waals surface area contributed by atoms with E-state index in [0.717, 1.165) is 36.0 Å². The van der Waals surface area contributed by atoms with Crippen LogP contribution < -0.4 is 11.1 Å². The van der Waals surface area contributed by atoms with Crippen LogP contribution in [0, 0.1) is 5.41 Å². The second kappa shape index (κ2) is 10.1. The van der Waals surface area contributed by atoms with Gasteiger partial charge in [-0.15, -0.1) is 9.20 Å². The second-order valence-electron chi connectivity index (χ2n) is 8.36. The van der Waals surface area contributed by atoms with Gasteiger partial charge in [-0.25, -0.2) is 15.0 Å². The normalized spacial score (nSPS) is 15.9. The average Bonchev–Trinajstić information content (AvgIpc) is 2.79. The molecular weight excluding hydrogens is 450 g/mol. The fraction of sp³-hybridized carbons (Fsp3) is 0.292. The Labute approximate surface area is 200 Å². The number of benzene rings is 1. The third-order valence-electron chi connectivity index (χ3n) is 6.10. The van der Waals surface area contributed by atoms with E-state index in [4.69, 9.17) is 16.2 Å². The quantitative estimate of drug-likeness (QED) is 0.195. The molecule has 0 amide bonds. The van der Waals surface area contributed by atoms with Gasteiger partial charge in [-0.1, -0.05) is 30.7 Å². The van der Waals surface area contributed by atoms with Crippen molar-refractivity contribution in [1.29, 1.82) is 5.41 Å². The SMILES string of the molecule is C[SH+](=O)CCNc1ccc(C([OH2+])=NC(=N)C2(c3ccc(-c4cnc(N)nc4)cc3)CCC2)cn1. The van der Waals surface area contributed by atoms with Crippen LogP contribution in [0.3, 0.4) is 0 Å². The number of nitrogens with two attached hydrogens (primary N) is 1. The Morgan fingerprint density at radius 3 is 2.38 bits per heavy atom. The highest BCUT2D eigenvalue weighted by atomic mass is 32.2. The summed E-state index contributed by atoms with van der Waals surface area (Å²) in [7, 11) is -1.19. The van der Waals surface area contributed by atoms with Gasteiger partial charge in [-0.05, 0) is 36.1 Å². The van der Waals surface area contributed by atoms with Gasteiger partial charge in [-0.3, -0.25) is 5.41 Å². The minimum atomic E-state index is -1.19. The minimum absolute atomic E-state index is 0.0163. The van der Waals surface area contributed by atoms with Crippen LogP contribution in [0.4, 0.5) is 11.8 Å². The van der Waals surface area contributed by atoms with Crippen LogP contribution in [0.5, 0.6) is 0 Å². The van der Waals surface area contributed by atoms with Crippen molar-refractivity contribution in [1.82, 2.24) is 15.0 Å². The molecule has 2 heterocycles. The Morgan fingerprint density at radius 2 is 1.82 bits per heavy atom. The van der Waals surface area contributed by atoms with Gasteiger partial charge in [0, 0.05) is 24.2 Å². The molecule has 34 heavy (non-hydrogen) atoms. The molecule has 0 saturated heterocycles. The Bertz CT molecular complexity index is 1210. The number of pyridine rings is 1. The highest BCUT2D eigenvalue weighted by molar-refractivity contribution is 7.84. The maximum Gasteiger partial charge on any atom is 0.367 e. The lowest BCUT2D eigenvalue weighted by Crippen LogP contribution is -2.41. The summed E-state index contributed by atoms with van der Waals surface area (Å²) in [5, 5.41) is 20.2. The molecule has 1 aliphatic rings. The zero-order valence-electron chi connectivity index (χ0n) is 19.0. The van der Waals surface area contributed by atoms with Gasteiger partial charge in [-0.2, -0.15) is 0 Å². The number of nitrogens with one attached hydrogen (secondary N) is 2. The number of thiol groups is 1. The third-order valence-corrected chi connectivity index (χ3v) is 6.95. The van der Waals surface area contributed by atoms with Crippen LogP contribution in [0.1, 0.15) is 30.4 Å². The van der Waals surface area contributed by atoms with Crippen molar-refractivity contribution in [3.63, 3.8) is 0 Å². The van der Waals surface area contributed by atoms with Gasteiger partial charge in [0.2, 0.25) is 5.95 Å². The van der Waals surface area contributed by atoms with Gasteiger partial charge in [0.25, 0.3) is 0 Å². The van der Waals surface area contributed by atoms with Gasteiger partial charge in [0.1, 0.15) is 23.0 Å². The lowest BCUT2D eigenvalue weighted by atomic mass is 9.63. The summed E-state index contributed by atoms with van der Waals surface area (Å²) in [6, 6.07) is 11.6. The van der Waals surface area contributed by atoms with E-state index in [1.54, 1.807) is 37.0 Å². The highest BCUT2D eigenvalue weighted by Gasteiger charge is 2.43. The molecule has 1 unspecified atom stereocenters. The van der Waals surface area contributed by atoms with E-state index < -0.39 is 16.2 Å². The van der Waals surface area contributed by atoms with Crippen molar-refractivity contribution in [2.24, 2.45) is 4.99 Å². The van der Waals surface area contributed by atoms with E-state index in [1.807, 2.05) is 24.3 Å². The Morgan fingerprint density at radius 1 is 1.12 bits per heavy atom. The van der Waals surface area contributed by atoms with Crippen molar-refractivity contribution in [3.8, 4) is 11.1 Å². The molecular formula is C24H29N7O2S+2. The summed E-state index contributed by atoms with van der Waals surface area (Å²) in [5.74, 6) is 1.69. The predicted molar refractivity (Wildman–Crippen MR) is 138 cm³/mol. The van der Waals surface area contributed by atoms with E-state index in [0.29, 0.717) is 23.7 Å². The maximum absolute atomic E-state index is 11.2. The Balaban J connectivity index is 1.48. The molecule has 1 fully saturated rings. The summed E-state index contributed by atoms with van der Waals surface area (Å²) < 4.78 is 11.2. The molecule has 1 aromatic carbocycles. The number of hydrogen-bond donors (Lipinski definition) is 3. The van der Waals surface area contributed by atoms with Gasteiger partial charge < -0.3 is 16.2 Å². The van der Waals surface area contributed by atoms with Crippen molar-refractivity contribution in [2.45, 2.75) is 24.7 Å². The number of hydrogen-bond acceptors (Lipinski definition) is 7. The third kappa shape index (κ3) is 5.12. The first-order valence-electron chi connectivity index (χ1n) is 11.0. The molecule has 0 radical (unpaired) electrons. The number of nitrogen functional groups attached to an aromatic ring is 1. The smallest absolute Gasteiger partial charge is 0.367 e.